The molecule has 0 N–H and O–H groups in total. The largest absolute Gasteiger partial charge is 0.323 e. The number of hydrogen-bond acceptors (Lipinski definition) is 2. The van der Waals surface area contributed by atoms with Crippen molar-refractivity contribution in [2.45, 2.75) is 45.1 Å². The van der Waals surface area contributed by atoms with E-state index in [1.807, 2.05) is 11.0 Å². The van der Waals surface area contributed by atoms with Crippen LogP contribution in [0.3, 0.4) is 0 Å². The molecule has 1 amide bonds. The molecule has 1 aliphatic heterocycles. The van der Waals surface area contributed by atoms with Gasteiger partial charge in [0.2, 0.25) is 5.91 Å². The van der Waals surface area contributed by atoms with E-state index in [9.17, 15) is 4.79 Å². The van der Waals surface area contributed by atoms with Gasteiger partial charge in [0, 0.05) is 35.6 Å². The lowest BCUT2D eigenvalue weighted by Gasteiger charge is -2.18. The molecule has 0 spiro atoms. The minimum absolute atomic E-state index is 0.0696. The van der Waals surface area contributed by atoms with Crippen LogP contribution < -0.4 is 4.90 Å². The first kappa shape index (κ1) is 21.9. The molecule has 4 nitrogen and oxygen atoms in total. The van der Waals surface area contributed by atoms with E-state index in [0.717, 1.165) is 40.0 Å². The van der Waals surface area contributed by atoms with Crippen molar-refractivity contribution in [3.63, 3.8) is 0 Å². The first-order valence-electron chi connectivity index (χ1n) is 11.7. The summed E-state index contributed by atoms with van der Waals surface area (Å²) in [4.78, 5) is 19.9. The fraction of sp³-hybridized carbons (Fsp3) is 0.286. The number of nitrogens with zero attached hydrogens (tertiary/aromatic N) is 3. The zero-order valence-electron chi connectivity index (χ0n) is 18.9. The summed E-state index contributed by atoms with van der Waals surface area (Å²) in [6.45, 7) is 3.61. The summed E-state index contributed by atoms with van der Waals surface area (Å²) in [5.41, 5.74) is 5.63. The van der Waals surface area contributed by atoms with Gasteiger partial charge in [0.25, 0.3) is 0 Å². The second-order valence-electron chi connectivity index (χ2n) is 8.85. The van der Waals surface area contributed by atoms with Gasteiger partial charge in [-0.05, 0) is 60.4 Å². The lowest BCUT2D eigenvalue weighted by molar-refractivity contribution is -0.117. The predicted octanol–water partition coefficient (Wildman–Crippen LogP) is 6.71. The maximum absolute atomic E-state index is 13.0. The SMILES string of the molecule is CCCCc1ccc(N2CC(c3nc4ccccc4n3Cc3ccc(Br)cc3)CC2=O)cc1. The van der Waals surface area contributed by atoms with Gasteiger partial charge in [0.1, 0.15) is 5.82 Å². The Balaban J connectivity index is 1.43. The van der Waals surface area contributed by atoms with Crippen molar-refractivity contribution in [3.05, 3.63) is 94.2 Å². The molecule has 1 aliphatic rings. The summed E-state index contributed by atoms with van der Waals surface area (Å²) >= 11 is 3.52. The third-order valence-electron chi connectivity index (χ3n) is 6.50. The fourth-order valence-electron chi connectivity index (χ4n) is 4.70. The topological polar surface area (TPSA) is 38.1 Å². The molecule has 0 bridgehead atoms. The summed E-state index contributed by atoms with van der Waals surface area (Å²) in [6, 6.07) is 25.2. The van der Waals surface area contributed by atoms with Gasteiger partial charge in [-0.15, -0.1) is 0 Å². The number of rotatable bonds is 7. The smallest absolute Gasteiger partial charge is 0.227 e. The van der Waals surface area contributed by atoms with Gasteiger partial charge in [-0.1, -0.05) is 65.7 Å². The van der Waals surface area contributed by atoms with E-state index in [0.29, 0.717) is 13.0 Å². The summed E-state index contributed by atoms with van der Waals surface area (Å²) in [5, 5.41) is 0. The van der Waals surface area contributed by atoms with E-state index in [4.69, 9.17) is 4.98 Å². The number of anilines is 1. The number of benzene rings is 3. The van der Waals surface area contributed by atoms with Gasteiger partial charge >= 0.3 is 0 Å². The van der Waals surface area contributed by atoms with E-state index < -0.39 is 0 Å². The monoisotopic (exact) mass is 501 g/mol. The molecule has 168 valence electrons. The second-order valence-corrected chi connectivity index (χ2v) is 9.76. The highest BCUT2D eigenvalue weighted by molar-refractivity contribution is 9.10. The Hall–Kier alpha value is -2.92. The summed E-state index contributed by atoms with van der Waals surface area (Å²) in [7, 11) is 0. The highest BCUT2D eigenvalue weighted by atomic mass is 79.9. The van der Waals surface area contributed by atoms with Gasteiger partial charge in [0.15, 0.2) is 0 Å². The van der Waals surface area contributed by atoms with Crippen LogP contribution in [0.5, 0.6) is 0 Å². The second kappa shape index (κ2) is 9.52. The molecule has 1 fully saturated rings. The third kappa shape index (κ3) is 4.60. The van der Waals surface area contributed by atoms with Crippen molar-refractivity contribution in [3.8, 4) is 0 Å². The maximum atomic E-state index is 13.0. The van der Waals surface area contributed by atoms with Gasteiger partial charge in [-0.2, -0.15) is 0 Å². The number of unbranched alkanes of at least 4 members (excludes halogenated alkanes) is 1. The molecule has 0 radical (unpaired) electrons. The average molecular weight is 502 g/mol. The number of fused-ring (bicyclic) bond motifs is 1. The van der Waals surface area contributed by atoms with Gasteiger partial charge in [-0.3, -0.25) is 4.79 Å². The van der Waals surface area contributed by atoms with Crippen molar-refractivity contribution in [2.24, 2.45) is 0 Å². The van der Waals surface area contributed by atoms with Gasteiger partial charge < -0.3 is 9.47 Å². The number of hydrogen-bond donors (Lipinski definition) is 0. The van der Waals surface area contributed by atoms with E-state index in [-0.39, 0.29) is 11.8 Å². The zero-order valence-corrected chi connectivity index (χ0v) is 20.5. The lowest BCUT2D eigenvalue weighted by Crippen LogP contribution is -2.24. The molecular formula is C28H28BrN3O. The molecule has 4 aromatic rings. The Bertz CT molecular complexity index is 1260. The number of aromatic nitrogens is 2. The van der Waals surface area contributed by atoms with Crippen molar-refractivity contribution in [2.75, 3.05) is 11.4 Å². The first-order chi connectivity index (χ1) is 16.1. The number of aryl methyl sites for hydroxylation is 1. The van der Waals surface area contributed by atoms with E-state index in [1.165, 1.54) is 24.0 Å². The van der Waals surface area contributed by atoms with Crippen LogP contribution in [0.15, 0.2) is 77.3 Å². The standard InChI is InChI=1S/C28H28BrN3O/c1-2-3-6-20-11-15-24(16-12-20)31-19-22(17-27(31)33)28-30-25-7-4-5-8-26(25)32(28)18-21-9-13-23(29)14-10-21/h4-5,7-16,22H,2-3,6,17-19H2,1H3. The summed E-state index contributed by atoms with van der Waals surface area (Å²) < 4.78 is 3.35. The van der Waals surface area contributed by atoms with Crippen molar-refractivity contribution in [1.29, 1.82) is 0 Å². The molecule has 1 unspecified atom stereocenters. The first-order valence-corrected chi connectivity index (χ1v) is 12.5. The molecule has 3 aromatic carbocycles. The molecule has 2 heterocycles. The van der Waals surface area contributed by atoms with Crippen LogP contribution in [0.1, 0.15) is 49.1 Å². The van der Waals surface area contributed by atoms with Gasteiger partial charge in [0.05, 0.1) is 11.0 Å². The number of amides is 1. The number of para-hydroxylation sites is 2. The Morgan fingerprint density at radius 2 is 1.70 bits per heavy atom. The van der Waals surface area contributed by atoms with Crippen LogP contribution >= 0.6 is 15.9 Å². The Labute approximate surface area is 203 Å². The van der Waals surface area contributed by atoms with Crippen molar-refractivity contribution < 1.29 is 4.79 Å². The number of imidazole rings is 1. The lowest BCUT2D eigenvalue weighted by atomic mass is 10.1. The quantitative estimate of drug-likeness (QED) is 0.282. The predicted molar refractivity (Wildman–Crippen MR) is 138 cm³/mol. The number of carbonyl (C=O) groups is 1. The third-order valence-corrected chi connectivity index (χ3v) is 7.02. The van der Waals surface area contributed by atoms with Crippen LogP contribution in [0, 0.1) is 0 Å². The van der Waals surface area contributed by atoms with Gasteiger partial charge in [-0.25, -0.2) is 4.98 Å². The molecule has 5 heteroatoms. The van der Waals surface area contributed by atoms with Crippen LogP contribution in [0.25, 0.3) is 11.0 Å². The zero-order chi connectivity index (χ0) is 22.8. The Kier molecular flexibility index (Phi) is 6.32. The molecule has 0 saturated carbocycles. The van der Waals surface area contributed by atoms with Crippen LogP contribution in [0.2, 0.25) is 0 Å². The summed E-state index contributed by atoms with van der Waals surface area (Å²) in [5.74, 6) is 1.23. The van der Waals surface area contributed by atoms with Crippen molar-refractivity contribution in [1.82, 2.24) is 9.55 Å². The van der Waals surface area contributed by atoms with E-state index in [1.54, 1.807) is 0 Å². The molecule has 1 atom stereocenters. The fourth-order valence-corrected chi connectivity index (χ4v) is 4.96. The average Bonchev–Trinajstić information content (AvgIpc) is 3.40. The Morgan fingerprint density at radius 1 is 0.970 bits per heavy atom. The molecule has 1 saturated heterocycles. The highest BCUT2D eigenvalue weighted by Gasteiger charge is 2.34. The number of halogens is 1. The minimum Gasteiger partial charge on any atom is -0.323 e. The number of carbonyl (C=O) groups excluding carboxylic acids is 1. The molecule has 5 rings (SSSR count). The van der Waals surface area contributed by atoms with E-state index >= 15 is 0 Å². The molecule has 1 aromatic heterocycles. The van der Waals surface area contributed by atoms with Crippen LogP contribution in [-0.4, -0.2) is 22.0 Å². The van der Waals surface area contributed by atoms with Crippen LogP contribution in [-0.2, 0) is 17.8 Å². The molecule has 0 aliphatic carbocycles. The summed E-state index contributed by atoms with van der Waals surface area (Å²) in [6.07, 6.45) is 3.96. The highest BCUT2D eigenvalue weighted by Crippen LogP contribution is 2.34. The van der Waals surface area contributed by atoms with E-state index in [2.05, 4.69) is 94.2 Å². The van der Waals surface area contributed by atoms with Crippen molar-refractivity contribution >= 4 is 38.6 Å². The molecular weight excluding hydrogens is 474 g/mol. The maximum Gasteiger partial charge on any atom is 0.227 e. The Morgan fingerprint density at radius 3 is 2.45 bits per heavy atom. The van der Waals surface area contributed by atoms with Crippen LogP contribution in [0.4, 0.5) is 5.69 Å². The normalized spacial score (nSPS) is 16.1. The minimum atomic E-state index is 0.0696. The molecule has 33 heavy (non-hydrogen) atoms.